The summed E-state index contributed by atoms with van der Waals surface area (Å²) in [7, 11) is 0. The first-order valence-corrected chi connectivity index (χ1v) is 11.4. The van der Waals surface area contributed by atoms with Crippen LogP contribution in [0.3, 0.4) is 0 Å². The van der Waals surface area contributed by atoms with E-state index in [1.165, 1.54) is 0 Å². The van der Waals surface area contributed by atoms with Gasteiger partial charge < -0.3 is 14.2 Å². The van der Waals surface area contributed by atoms with E-state index in [4.69, 9.17) is 19.2 Å². The zero-order valence-electron chi connectivity index (χ0n) is 19.7. The smallest absolute Gasteiger partial charge is 0.334 e. The minimum atomic E-state index is -1.51. The van der Waals surface area contributed by atoms with Crippen molar-refractivity contribution in [3.8, 4) is 0 Å². The molecule has 0 spiro atoms. The number of nitrogens with zero attached hydrogens (tertiary/aromatic N) is 1. The summed E-state index contributed by atoms with van der Waals surface area (Å²) in [6, 6.07) is 18.9. The number of ether oxygens (including phenoxy) is 3. The molecular weight excluding hydrogens is 434 g/mol. The van der Waals surface area contributed by atoms with Gasteiger partial charge in [-0.2, -0.15) is 0 Å². The van der Waals surface area contributed by atoms with Crippen LogP contribution in [0.5, 0.6) is 0 Å². The molecule has 0 fully saturated rings. The van der Waals surface area contributed by atoms with Crippen molar-refractivity contribution in [2.45, 2.75) is 39.2 Å². The Morgan fingerprint density at radius 2 is 1.12 bits per heavy atom. The first-order valence-electron chi connectivity index (χ1n) is 11.4. The van der Waals surface area contributed by atoms with Crippen molar-refractivity contribution < 1.29 is 28.6 Å². The van der Waals surface area contributed by atoms with E-state index in [0.29, 0.717) is 5.71 Å². The molecule has 0 amide bonds. The second-order valence-corrected chi connectivity index (χ2v) is 7.70. The molecule has 1 aliphatic carbocycles. The molecular formula is C27H29NO6. The van der Waals surface area contributed by atoms with Gasteiger partial charge in [0.15, 0.2) is 5.54 Å². The van der Waals surface area contributed by atoms with Crippen molar-refractivity contribution in [1.82, 2.24) is 0 Å². The molecule has 178 valence electrons. The molecule has 0 atom stereocenters. The maximum absolute atomic E-state index is 13.4. The Bertz CT molecular complexity index is 1020. The highest BCUT2D eigenvalue weighted by molar-refractivity contribution is 6.14. The molecule has 0 radical (unpaired) electrons. The van der Waals surface area contributed by atoms with Crippen LogP contribution < -0.4 is 0 Å². The molecule has 7 nitrogen and oxygen atoms in total. The second-order valence-electron chi connectivity index (χ2n) is 7.70. The van der Waals surface area contributed by atoms with Crippen molar-refractivity contribution in [2.75, 3.05) is 19.8 Å². The fourth-order valence-corrected chi connectivity index (χ4v) is 3.92. The summed E-state index contributed by atoms with van der Waals surface area (Å²) in [6.45, 7) is 5.45. The van der Waals surface area contributed by atoms with E-state index in [2.05, 4.69) is 0 Å². The summed E-state index contributed by atoms with van der Waals surface area (Å²) in [5.74, 6) is -1.93. The van der Waals surface area contributed by atoms with Crippen LogP contribution in [0.1, 0.15) is 44.7 Å². The Balaban J connectivity index is 2.19. The third-order valence-electron chi connectivity index (χ3n) is 5.42. The highest BCUT2D eigenvalue weighted by atomic mass is 16.5. The molecule has 3 rings (SSSR count). The fraction of sp³-hybridized carbons (Fsp3) is 0.333. The van der Waals surface area contributed by atoms with Crippen LogP contribution in [0.15, 0.2) is 76.8 Å². The third kappa shape index (κ3) is 5.42. The summed E-state index contributed by atoms with van der Waals surface area (Å²) in [5.41, 5.74) is 0.818. The number of esters is 3. The molecule has 0 unspecified atom stereocenters. The first-order chi connectivity index (χ1) is 16.5. The lowest BCUT2D eigenvalue weighted by atomic mass is 9.92. The summed E-state index contributed by atoms with van der Waals surface area (Å²) in [6.07, 6.45) is -0.246. The van der Waals surface area contributed by atoms with E-state index in [-0.39, 0.29) is 43.8 Å². The van der Waals surface area contributed by atoms with Crippen molar-refractivity contribution in [2.24, 2.45) is 4.99 Å². The number of aliphatic imine (C=N–C) groups is 1. The van der Waals surface area contributed by atoms with E-state index in [0.717, 1.165) is 11.1 Å². The zero-order chi connectivity index (χ0) is 24.6. The standard InChI is InChI=1S/C27H29NO6/c1-4-32-24(29)21-17-27(26(31)34-6-3,18-22(21)25(30)33-5-2)28-23(19-13-9-7-10-14-19)20-15-11-8-12-16-20/h7-16H,4-6,17-18H2,1-3H3. The van der Waals surface area contributed by atoms with Gasteiger partial charge in [-0.05, 0) is 20.8 Å². The van der Waals surface area contributed by atoms with Crippen LogP contribution in [-0.2, 0) is 28.6 Å². The van der Waals surface area contributed by atoms with Gasteiger partial charge in [0, 0.05) is 24.0 Å². The van der Waals surface area contributed by atoms with Crippen LogP contribution in [-0.4, -0.2) is 49.0 Å². The quantitative estimate of drug-likeness (QED) is 0.317. The van der Waals surface area contributed by atoms with Gasteiger partial charge >= 0.3 is 17.9 Å². The molecule has 0 aromatic heterocycles. The lowest BCUT2D eigenvalue weighted by molar-refractivity contribution is -0.149. The summed E-state index contributed by atoms with van der Waals surface area (Å²) < 4.78 is 15.8. The molecule has 0 bridgehead atoms. The summed E-state index contributed by atoms with van der Waals surface area (Å²) in [4.78, 5) is 43.8. The highest BCUT2D eigenvalue weighted by Gasteiger charge is 2.51. The molecule has 34 heavy (non-hydrogen) atoms. The Labute approximate surface area is 199 Å². The number of carbonyl (C=O) groups is 3. The van der Waals surface area contributed by atoms with Crippen LogP contribution in [0.25, 0.3) is 0 Å². The van der Waals surface area contributed by atoms with Crippen molar-refractivity contribution >= 4 is 23.6 Å². The summed E-state index contributed by atoms with van der Waals surface area (Å²) >= 11 is 0. The zero-order valence-corrected chi connectivity index (χ0v) is 19.7. The first kappa shape index (κ1) is 24.9. The minimum absolute atomic E-state index is 0.0950. The van der Waals surface area contributed by atoms with E-state index < -0.39 is 23.4 Å². The van der Waals surface area contributed by atoms with Gasteiger partial charge in [0.1, 0.15) is 0 Å². The topological polar surface area (TPSA) is 91.3 Å². The highest BCUT2D eigenvalue weighted by Crippen LogP contribution is 2.41. The van der Waals surface area contributed by atoms with Gasteiger partial charge in [0.25, 0.3) is 0 Å². The molecule has 2 aromatic carbocycles. The van der Waals surface area contributed by atoms with Crippen molar-refractivity contribution in [1.29, 1.82) is 0 Å². The number of benzene rings is 2. The maximum Gasteiger partial charge on any atom is 0.334 e. The number of hydrogen-bond donors (Lipinski definition) is 0. The van der Waals surface area contributed by atoms with Gasteiger partial charge in [-0.15, -0.1) is 0 Å². The van der Waals surface area contributed by atoms with Gasteiger partial charge in [0.05, 0.1) is 36.7 Å². The Hall–Kier alpha value is -3.74. The molecule has 2 aromatic rings. The molecule has 0 saturated carbocycles. The average Bonchev–Trinajstić information content (AvgIpc) is 3.25. The predicted octanol–water partition coefficient (Wildman–Crippen LogP) is 4.04. The molecule has 0 aliphatic heterocycles. The van der Waals surface area contributed by atoms with E-state index in [1.807, 2.05) is 60.7 Å². The Kier molecular flexibility index (Phi) is 8.35. The predicted molar refractivity (Wildman–Crippen MR) is 127 cm³/mol. The Morgan fingerprint density at radius 1 is 0.706 bits per heavy atom. The van der Waals surface area contributed by atoms with E-state index in [1.54, 1.807) is 20.8 Å². The van der Waals surface area contributed by atoms with Gasteiger partial charge in [-0.3, -0.25) is 4.99 Å². The fourth-order valence-electron chi connectivity index (χ4n) is 3.92. The largest absolute Gasteiger partial charge is 0.464 e. The normalized spacial score (nSPS) is 14.3. The maximum atomic E-state index is 13.4. The second kappa shape index (κ2) is 11.4. The number of rotatable bonds is 9. The lowest BCUT2D eigenvalue weighted by Crippen LogP contribution is -2.38. The average molecular weight is 464 g/mol. The van der Waals surface area contributed by atoms with E-state index in [9.17, 15) is 14.4 Å². The lowest BCUT2D eigenvalue weighted by Gasteiger charge is -2.25. The molecule has 7 heteroatoms. The van der Waals surface area contributed by atoms with Gasteiger partial charge in [0.2, 0.25) is 0 Å². The third-order valence-corrected chi connectivity index (χ3v) is 5.42. The molecule has 1 aliphatic rings. The SMILES string of the molecule is CCOC(=O)C1=C(C(=O)OCC)CC(N=C(c2ccccc2)c2ccccc2)(C(=O)OCC)C1. The molecule has 0 saturated heterocycles. The monoisotopic (exact) mass is 463 g/mol. The minimum Gasteiger partial charge on any atom is -0.464 e. The van der Waals surface area contributed by atoms with Crippen LogP contribution >= 0.6 is 0 Å². The number of carbonyl (C=O) groups excluding carboxylic acids is 3. The number of hydrogen-bond acceptors (Lipinski definition) is 7. The van der Waals surface area contributed by atoms with Crippen LogP contribution in [0.4, 0.5) is 0 Å². The summed E-state index contributed by atoms with van der Waals surface area (Å²) in [5, 5.41) is 0. The van der Waals surface area contributed by atoms with Crippen LogP contribution in [0.2, 0.25) is 0 Å². The van der Waals surface area contributed by atoms with Crippen molar-refractivity contribution in [3.63, 3.8) is 0 Å². The molecule has 0 N–H and O–H groups in total. The van der Waals surface area contributed by atoms with Crippen molar-refractivity contribution in [3.05, 3.63) is 82.9 Å². The van der Waals surface area contributed by atoms with Gasteiger partial charge in [-0.1, -0.05) is 60.7 Å². The van der Waals surface area contributed by atoms with Crippen LogP contribution in [0, 0.1) is 0 Å². The molecule has 0 heterocycles. The van der Waals surface area contributed by atoms with Gasteiger partial charge in [-0.25, -0.2) is 14.4 Å². The Morgan fingerprint density at radius 3 is 1.50 bits per heavy atom. The van der Waals surface area contributed by atoms with E-state index >= 15 is 0 Å².